The molecule has 0 heterocycles. The van der Waals surface area contributed by atoms with Gasteiger partial charge >= 0.3 is 0 Å². The molecule has 3 unspecified atom stereocenters. The van der Waals surface area contributed by atoms with Crippen LogP contribution in [0.15, 0.2) is 0 Å². The summed E-state index contributed by atoms with van der Waals surface area (Å²) in [5.41, 5.74) is 5.67. The van der Waals surface area contributed by atoms with Crippen molar-refractivity contribution in [2.75, 3.05) is 19.8 Å². The van der Waals surface area contributed by atoms with Gasteiger partial charge in [-0.1, -0.05) is 6.42 Å². The number of hydrogen-bond acceptors (Lipinski definition) is 4. The van der Waals surface area contributed by atoms with Gasteiger partial charge in [-0.3, -0.25) is 4.79 Å². The summed E-state index contributed by atoms with van der Waals surface area (Å²) >= 11 is 0. The first-order chi connectivity index (χ1) is 7.79. The lowest BCUT2D eigenvalue weighted by Crippen LogP contribution is -2.47. The van der Waals surface area contributed by atoms with E-state index in [9.17, 15) is 13.2 Å². The van der Waals surface area contributed by atoms with E-state index < -0.39 is 15.1 Å². The zero-order chi connectivity index (χ0) is 13.2. The van der Waals surface area contributed by atoms with E-state index in [2.05, 4.69) is 0 Å². The minimum Gasteiger partial charge on any atom is -0.341 e. The highest BCUT2D eigenvalue weighted by molar-refractivity contribution is 7.92. The minimum atomic E-state index is -3.32. The number of amides is 1. The van der Waals surface area contributed by atoms with Crippen molar-refractivity contribution >= 4 is 15.7 Å². The molecular formula is C11H22N2O3S. The Bertz CT molecular complexity index is 380. The minimum absolute atomic E-state index is 0.0942. The maximum Gasteiger partial charge on any atom is 0.240 e. The number of sulfone groups is 1. The fourth-order valence-electron chi connectivity index (χ4n) is 2.44. The quantitative estimate of drug-likeness (QED) is 0.773. The second kappa shape index (κ2) is 5.35. The first kappa shape index (κ1) is 14.4. The number of hydrogen-bond donors (Lipinski definition) is 1. The molecule has 0 aliphatic heterocycles. The van der Waals surface area contributed by atoms with Crippen LogP contribution >= 0.6 is 0 Å². The summed E-state index contributed by atoms with van der Waals surface area (Å²) in [6.07, 6.45) is 4.09. The summed E-state index contributed by atoms with van der Waals surface area (Å²) in [5.74, 6) is -0.0199. The average molecular weight is 262 g/mol. The molecule has 1 saturated carbocycles. The maximum atomic E-state index is 12.0. The van der Waals surface area contributed by atoms with Gasteiger partial charge in [-0.15, -0.1) is 0 Å². The molecule has 1 fully saturated rings. The molecular weight excluding hydrogens is 240 g/mol. The van der Waals surface area contributed by atoms with Crippen molar-refractivity contribution < 1.29 is 13.2 Å². The van der Waals surface area contributed by atoms with Gasteiger partial charge in [0, 0.05) is 19.3 Å². The van der Waals surface area contributed by atoms with Gasteiger partial charge < -0.3 is 10.6 Å². The third kappa shape index (κ3) is 3.19. The number of carbonyl (C=O) groups is 1. The Kier molecular flexibility index (Phi) is 4.55. The molecule has 1 aliphatic rings. The Morgan fingerprint density at radius 3 is 2.53 bits per heavy atom. The highest BCUT2D eigenvalue weighted by atomic mass is 32.2. The second-order valence-electron chi connectivity index (χ2n) is 4.91. The molecule has 5 nitrogen and oxygen atoms in total. The van der Waals surface area contributed by atoms with Crippen LogP contribution in [-0.2, 0) is 14.6 Å². The van der Waals surface area contributed by atoms with Crippen LogP contribution in [0.3, 0.4) is 0 Å². The normalized spacial score (nSPS) is 26.8. The van der Waals surface area contributed by atoms with E-state index in [-0.39, 0.29) is 11.9 Å². The van der Waals surface area contributed by atoms with Crippen LogP contribution in [0.2, 0.25) is 0 Å². The Hall–Kier alpha value is -0.620. The standard InChI is InChI=1S/C11H22N2O3S/c1-8(17(3,15)16)11(14)13(2)10-6-4-5-9(10)7-12/h8-10H,4-7,12H2,1-3H3. The van der Waals surface area contributed by atoms with Gasteiger partial charge in [-0.2, -0.15) is 0 Å². The molecule has 1 amide bonds. The van der Waals surface area contributed by atoms with E-state index in [0.717, 1.165) is 25.5 Å². The highest BCUT2D eigenvalue weighted by Gasteiger charge is 2.35. The summed E-state index contributed by atoms with van der Waals surface area (Å²) in [6, 6.07) is 0.0942. The number of nitrogens with zero attached hydrogens (tertiary/aromatic N) is 1. The SMILES string of the molecule is CC(C(=O)N(C)C1CCCC1CN)S(C)(=O)=O. The van der Waals surface area contributed by atoms with Crippen molar-refractivity contribution in [2.24, 2.45) is 11.7 Å². The first-order valence-corrected chi connectivity index (χ1v) is 7.90. The molecule has 0 spiro atoms. The Morgan fingerprint density at radius 1 is 1.47 bits per heavy atom. The van der Waals surface area contributed by atoms with Gasteiger partial charge in [0.2, 0.25) is 5.91 Å². The molecule has 0 aromatic rings. The van der Waals surface area contributed by atoms with Crippen molar-refractivity contribution in [1.29, 1.82) is 0 Å². The third-order valence-corrected chi connectivity index (χ3v) is 5.24. The monoisotopic (exact) mass is 262 g/mol. The molecule has 17 heavy (non-hydrogen) atoms. The highest BCUT2D eigenvalue weighted by Crippen LogP contribution is 2.29. The van der Waals surface area contributed by atoms with Crippen LogP contribution in [0.25, 0.3) is 0 Å². The van der Waals surface area contributed by atoms with Crippen molar-refractivity contribution in [2.45, 2.75) is 37.5 Å². The number of rotatable bonds is 4. The van der Waals surface area contributed by atoms with Gasteiger partial charge in [0.05, 0.1) is 0 Å². The van der Waals surface area contributed by atoms with Gasteiger partial charge in [0.1, 0.15) is 5.25 Å². The van der Waals surface area contributed by atoms with Crippen LogP contribution in [0.1, 0.15) is 26.2 Å². The lowest BCUT2D eigenvalue weighted by atomic mass is 10.0. The molecule has 3 atom stereocenters. The fourth-order valence-corrected chi connectivity index (χ4v) is 2.97. The predicted molar refractivity (Wildman–Crippen MR) is 67.3 cm³/mol. The van der Waals surface area contributed by atoms with E-state index in [1.807, 2.05) is 0 Å². The molecule has 0 radical (unpaired) electrons. The van der Waals surface area contributed by atoms with Crippen LogP contribution < -0.4 is 5.73 Å². The third-order valence-electron chi connectivity index (χ3n) is 3.76. The van der Waals surface area contributed by atoms with Crippen LogP contribution in [0.5, 0.6) is 0 Å². The van der Waals surface area contributed by atoms with Gasteiger partial charge in [-0.25, -0.2) is 8.42 Å². The molecule has 100 valence electrons. The van der Waals surface area contributed by atoms with Gasteiger partial charge in [0.15, 0.2) is 9.84 Å². The summed E-state index contributed by atoms with van der Waals surface area (Å²) < 4.78 is 22.7. The second-order valence-corrected chi connectivity index (χ2v) is 7.28. The first-order valence-electron chi connectivity index (χ1n) is 5.94. The Labute approximate surface area is 103 Å². The molecule has 0 saturated heterocycles. The molecule has 2 N–H and O–H groups in total. The molecule has 0 aromatic heterocycles. The summed E-state index contributed by atoms with van der Waals surface area (Å²) in [7, 11) is -1.64. The number of carbonyl (C=O) groups excluding carboxylic acids is 1. The van der Waals surface area contributed by atoms with Gasteiger partial charge in [-0.05, 0) is 32.2 Å². The summed E-state index contributed by atoms with van der Waals surface area (Å²) in [5, 5.41) is -0.966. The van der Waals surface area contributed by atoms with E-state index >= 15 is 0 Å². The van der Waals surface area contributed by atoms with Crippen LogP contribution in [0.4, 0.5) is 0 Å². The predicted octanol–water partition coefficient (Wildman–Crippen LogP) is 0.00530. The molecule has 0 aromatic carbocycles. The molecule has 6 heteroatoms. The van der Waals surface area contributed by atoms with Gasteiger partial charge in [0.25, 0.3) is 0 Å². The fraction of sp³-hybridized carbons (Fsp3) is 0.909. The Balaban J connectivity index is 2.76. The topological polar surface area (TPSA) is 80.5 Å². The van der Waals surface area contributed by atoms with E-state index in [4.69, 9.17) is 5.73 Å². The van der Waals surface area contributed by atoms with Crippen molar-refractivity contribution in [3.05, 3.63) is 0 Å². The lowest BCUT2D eigenvalue weighted by molar-refractivity contribution is -0.131. The summed E-state index contributed by atoms with van der Waals surface area (Å²) in [6.45, 7) is 2.00. The smallest absolute Gasteiger partial charge is 0.240 e. The largest absolute Gasteiger partial charge is 0.341 e. The number of nitrogens with two attached hydrogens (primary N) is 1. The van der Waals surface area contributed by atoms with Crippen molar-refractivity contribution in [1.82, 2.24) is 4.90 Å². The van der Waals surface area contributed by atoms with Crippen LogP contribution in [0, 0.1) is 5.92 Å². The zero-order valence-electron chi connectivity index (χ0n) is 10.7. The van der Waals surface area contributed by atoms with Crippen molar-refractivity contribution in [3.8, 4) is 0 Å². The lowest BCUT2D eigenvalue weighted by Gasteiger charge is -2.30. The summed E-state index contributed by atoms with van der Waals surface area (Å²) in [4.78, 5) is 13.6. The van der Waals surface area contributed by atoms with Crippen LogP contribution in [-0.4, -0.2) is 50.4 Å². The molecule has 1 rings (SSSR count). The van der Waals surface area contributed by atoms with Crippen molar-refractivity contribution in [3.63, 3.8) is 0 Å². The average Bonchev–Trinajstić information content (AvgIpc) is 2.72. The maximum absolute atomic E-state index is 12.0. The molecule has 1 aliphatic carbocycles. The van der Waals surface area contributed by atoms with E-state index in [0.29, 0.717) is 12.5 Å². The van der Waals surface area contributed by atoms with E-state index in [1.54, 1.807) is 11.9 Å². The molecule has 0 bridgehead atoms. The van der Waals surface area contributed by atoms with E-state index in [1.165, 1.54) is 6.92 Å². The zero-order valence-corrected chi connectivity index (χ0v) is 11.5. The Morgan fingerprint density at radius 2 is 2.06 bits per heavy atom.